The summed E-state index contributed by atoms with van der Waals surface area (Å²) in [7, 11) is -3.42. The van der Waals surface area contributed by atoms with E-state index in [0.29, 0.717) is 4.90 Å². The highest BCUT2D eigenvalue weighted by Crippen LogP contribution is 2.31. The van der Waals surface area contributed by atoms with Crippen molar-refractivity contribution in [3.05, 3.63) is 29.5 Å². The first-order chi connectivity index (χ1) is 11.1. The van der Waals surface area contributed by atoms with Gasteiger partial charge in [0.1, 0.15) is 0 Å². The van der Waals surface area contributed by atoms with Crippen LogP contribution in [0.1, 0.15) is 56.2 Å². The van der Waals surface area contributed by atoms with Crippen LogP contribution in [0.2, 0.25) is 0 Å². The van der Waals surface area contributed by atoms with Crippen LogP contribution >= 0.6 is 0 Å². The van der Waals surface area contributed by atoms with Crippen LogP contribution in [0.4, 0.5) is 0 Å². The van der Waals surface area contributed by atoms with Crippen LogP contribution < -0.4 is 4.72 Å². The molecule has 0 amide bonds. The molecule has 0 radical (unpaired) electrons. The molecule has 124 valence electrons. The van der Waals surface area contributed by atoms with Gasteiger partial charge in [0, 0.05) is 22.6 Å². The Hall–Kier alpha value is -1.33. The topological polar surface area (TPSA) is 62.0 Å². The molecule has 1 fully saturated rings. The first-order valence-corrected chi connectivity index (χ1v) is 10.3. The van der Waals surface area contributed by atoms with E-state index >= 15 is 0 Å². The van der Waals surface area contributed by atoms with E-state index in [-0.39, 0.29) is 6.04 Å². The third-order valence-corrected chi connectivity index (χ3v) is 6.83. The van der Waals surface area contributed by atoms with Crippen LogP contribution in [0.15, 0.2) is 23.1 Å². The van der Waals surface area contributed by atoms with Crippen molar-refractivity contribution in [1.29, 1.82) is 0 Å². The molecule has 1 aromatic carbocycles. The lowest BCUT2D eigenvalue weighted by Gasteiger charge is -2.22. The molecule has 0 aliphatic heterocycles. The highest BCUT2D eigenvalue weighted by Gasteiger charge is 2.23. The lowest BCUT2D eigenvalue weighted by atomic mass is 9.96. The Balaban J connectivity index is 1.67. The highest BCUT2D eigenvalue weighted by atomic mass is 32.2. The monoisotopic (exact) mass is 332 g/mol. The largest absolute Gasteiger partial charge is 0.358 e. The molecule has 0 atom stereocenters. The summed E-state index contributed by atoms with van der Waals surface area (Å²) in [5.74, 6) is 0. The summed E-state index contributed by atoms with van der Waals surface area (Å²) in [6.45, 7) is 0. The van der Waals surface area contributed by atoms with Crippen molar-refractivity contribution < 1.29 is 8.42 Å². The molecule has 0 unspecified atom stereocenters. The predicted molar refractivity (Wildman–Crippen MR) is 92.1 cm³/mol. The van der Waals surface area contributed by atoms with E-state index in [1.807, 2.05) is 12.1 Å². The molecule has 5 heteroatoms. The molecular formula is C18H24N2O2S. The van der Waals surface area contributed by atoms with Gasteiger partial charge < -0.3 is 4.98 Å². The molecule has 2 aromatic rings. The van der Waals surface area contributed by atoms with Crippen molar-refractivity contribution in [3.8, 4) is 0 Å². The third-order valence-electron chi connectivity index (χ3n) is 5.31. The summed E-state index contributed by atoms with van der Waals surface area (Å²) in [6.07, 6.45) is 9.92. The predicted octanol–water partition coefficient (Wildman–Crippen LogP) is 3.66. The first kappa shape index (κ1) is 15.2. The number of benzene rings is 1. The number of hydrogen-bond acceptors (Lipinski definition) is 2. The summed E-state index contributed by atoms with van der Waals surface area (Å²) in [5.41, 5.74) is 3.68. The maximum Gasteiger partial charge on any atom is 0.240 e. The summed E-state index contributed by atoms with van der Waals surface area (Å²) >= 11 is 0. The number of sulfonamides is 1. The Labute approximate surface area is 137 Å². The molecular weight excluding hydrogens is 308 g/mol. The minimum absolute atomic E-state index is 0.101. The Kier molecular flexibility index (Phi) is 3.93. The van der Waals surface area contributed by atoms with E-state index in [1.54, 1.807) is 6.07 Å². The molecule has 0 bridgehead atoms. The summed E-state index contributed by atoms with van der Waals surface area (Å²) in [4.78, 5) is 3.87. The number of nitrogens with one attached hydrogen (secondary N) is 2. The van der Waals surface area contributed by atoms with Crippen molar-refractivity contribution in [2.75, 3.05) is 0 Å². The molecule has 0 saturated heterocycles. The molecule has 4 rings (SSSR count). The zero-order valence-corrected chi connectivity index (χ0v) is 14.2. The van der Waals surface area contributed by atoms with Gasteiger partial charge in [-0.05, 0) is 62.3 Å². The van der Waals surface area contributed by atoms with Gasteiger partial charge in [0.15, 0.2) is 0 Å². The van der Waals surface area contributed by atoms with Crippen LogP contribution in [0.5, 0.6) is 0 Å². The van der Waals surface area contributed by atoms with Crippen LogP contribution in [0, 0.1) is 0 Å². The standard InChI is InChI=1S/C18H24N2O2S/c21-23(22,20-13-6-2-1-3-7-13)14-10-11-18-16(12-14)15-8-4-5-9-17(15)19-18/h10-13,19-20H,1-9H2. The SMILES string of the molecule is O=S(=O)(NC1CCCCC1)c1ccc2[nH]c3c(c2c1)CCCC3. The number of aromatic amines is 1. The number of fused-ring (bicyclic) bond motifs is 3. The van der Waals surface area contributed by atoms with Gasteiger partial charge >= 0.3 is 0 Å². The van der Waals surface area contributed by atoms with Crippen molar-refractivity contribution >= 4 is 20.9 Å². The second-order valence-electron chi connectivity index (χ2n) is 6.95. The van der Waals surface area contributed by atoms with Gasteiger partial charge in [-0.2, -0.15) is 0 Å². The third kappa shape index (κ3) is 2.92. The van der Waals surface area contributed by atoms with E-state index < -0.39 is 10.0 Å². The molecule has 23 heavy (non-hydrogen) atoms. The molecule has 1 saturated carbocycles. The van der Waals surface area contributed by atoms with E-state index in [0.717, 1.165) is 49.4 Å². The van der Waals surface area contributed by atoms with Gasteiger partial charge in [-0.3, -0.25) is 0 Å². The number of aromatic nitrogens is 1. The minimum Gasteiger partial charge on any atom is -0.358 e. The Bertz CT molecular complexity index is 817. The average molecular weight is 332 g/mol. The molecule has 2 N–H and O–H groups in total. The lowest BCUT2D eigenvalue weighted by molar-refractivity contribution is 0.412. The molecule has 1 aromatic heterocycles. The maximum atomic E-state index is 12.7. The minimum atomic E-state index is -3.42. The normalized spacial score (nSPS) is 19.8. The van der Waals surface area contributed by atoms with Crippen molar-refractivity contribution in [3.63, 3.8) is 0 Å². The average Bonchev–Trinajstić information content (AvgIpc) is 2.93. The molecule has 4 nitrogen and oxygen atoms in total. The first-order valence-electron chi connectivity index (χ1n) is 8.79. The second-order valence-corrected chi connectivity index (χ2v) is 8.67. The number of aryl methyl sites for hydroxylation is 2. The van der Waals surface area contributed by atoms with Gasteiger partial charge in [-0.15, -0.1) is 0 Å². The van der Waals surface area contributed by atoms with Gasteiger partial charge in [0.05, 0.1) is 4.90 Å². The van der Waals surface area contributed by atoms with E-state index in [1.165, 1.54) is 30.5 Å². The number of hydrogen-bond donors (Lipinski definition) is 2. The quantitative estimate of drug-likeness (QED) is 0.901. The lowest BCUT2D eigenvalue weighted by Crippen LogP contribution is -2.36. The van der Waals surface area contributed by atoms with Crippen LogP contribution in [-0.4, -0.2) is 19.4 Å². The summed E-state index contributed by atoms with van der Waals surface area (Å²) in [6, 6.07) is 5.62. The smallest absolute Gasteiger partial charge is 0.240 e. The summed E-state index contributed by atoms with van der Waals surface area (Å²) < 4.78 is 28.3. The Morgan fingerprint density at radius 2 is 1.78 bits per heavy atom. The summed E-state index contributed by atoms with van der Waals surface area (Å²) in [5, 5.41) is 1.09. The van der Waals surface area contributed by atoms with Crippen molar-refractivity contribution in [2.24, 2.45) is 0 Å². The Morgan fingerprint density at radius 1 is 1.00 bits per heavy atom. The van der Waals surface area contributed by atoms with Crippen molar-refractivity contribution in [2.45, 2.75) is 68.7 Å². The second kappa shape index (κ2) is 5.95. The van der Waals surface area contributed by atoms with Gasteiger partial charge in [0.2, 0.25) is 10.0 Å². The van der Waals surface area contributed by atoms with E-state index in [2.05, 4.69) is 9.71 Å². The fourth-order valence-corrected chi connectivity index (χ4v) is 5.39. The zero-order valence-electron chi connectivity index (χ0n) is 13.4. The van der Waals surface area contributed by atoms with Gasteiger partial charge in [0.25, 0.3) is 0 Å². The zero-order chi connectivity index (χ0) is 15.9. The molecule has 0 spiro atoms. The molecule has 2 aliphatic carbocycles. The van der Waals surface area contributed by atoms with Gasteiger partial charge in [-0.1, -0.05) is 19.3 Å². The fourth-order valence-electron chi connectivity index (χ4n) is 4.06. The van der Waals surface area contributed by atoms with E-state index in [9.17, 15) is 8.42 Å². The number of rotatable bonds is 3. The van der Waals surface area contributed by atoms with Crippen molar-refractivity contribution in [1.82, 2.24) is 9.71 Å². The molecule has 1 heterocycles. The van der Waals surface area contributed by atoms with Gasteiger partial charge in [-0.25, -0.2) is 13.1 Å². The van der Waals surface area contributed by atoms with E-state index in [4.69, 9.17) is 0 Å². The maximum absolute atomic E-state index is 12.7. The highest BCUT2D eigenvalue weighted by molar-refractivity contribution is 7.89. The Morgan fingerprint density at radius 3 is 2.61 bits per heavy atom. The molecule has 2 aliphatic rings. The van der Waals surface area contributed by atoms with Crippen LogP contribution in [-0.2, 0) is 22.9 Å². The van der Waals surface area contributed by atoms with Crippen LogP contribution in [0.3, 0.4) is 0 Å². The van der Waals surface area contributed by atoms with Crippen LogP contribution in [0.25, 0.3) is 10.9 Å². The number of H-pyrrole nitrogens is 1. The fraction of sp³-hybridized carbons (Fsp3) is 0.556.